The smallest absolute Gasteiger partial charge is 0.141 e. The van der Waals surface area contributed by atoms with Crippen LogP contribution in [-0.4, -0.2) is 19.9 Å². The summed E-state index contributed by atoms with van der Waals surface area (Å²) in [5.74, 6) is 0.266. The van der Waals surface area contributed by atoms with Crippen LogP contribution in [0.4, 0.5) is 16.0 Å². The van der Waals surface area contributed by atoms with Crippen molar-refractivity contribution in [2.45, 2.75) is 9.92 Å². The fourth-order valence-corrected chi connectivity index (χ4v) is 3.53. The molecule has 0 amide bonds. The Morgan fingerprint density at radius 2 is 1.50 bits per heavy atom. The number of nitrogen functional groups attached to an aromatic ring is 2. The number of hydrogen-bond donors (Lipinski definition) is 2. The van der Waals surface area contributed by atoms with Gasteiger partial charge in [-0.25, -0.2) is 19.3 Å². The first kappa shape index (κ1) is 17.9. The molecule has 0 aliphatic rings. The summed E-state index contributed by atoms with van der Waals surface area (Å²) in [5.41, 5.74) is 13.6. The molecule has 2 aromatic carbocycles. The van der Waals surface area contributed by atoms with Crippen molar-refractivity contribution < 1.29 is 4.39 Å². The van der Waals surface area contributed by atoms with E-state index in [0.717, 1.165) is 16.0 Å². The van der Waals surface area contributed by atoms with E-state index < -0.39 is 0 Å². The van der Waals surface area contributed by atoms with Gasteiger partial charge in [-0.2, -0.15) is 0 Å². The van der Waals surface area contributed by atoms with E-state index >= 15 is 0 Å². The molecule has 2 heterocycles. The number of halogens is 1. The number of nitrogens with two attached hydrogens (primary N) is 2. The number of rotatable bonds is 4. The van der Waals surface area contributed by atoms with E-state index in [4.69, 9.17) is 11.5 Å². The third-order valence-electron chi connectivity index (χ3n) is 3.98. The molecule has 4 aromatic rings. The van der Waals surface area contributed by atoms with Gasteiger partial charge in [0.25, 0.3) is 0 Å². The molecule has 6 nitrogen and oxygen atoms in total. The molecule has 0 aliphatic heterocycles. The lowest BCUT2D eigenvalue weighted by Crippen LogP contribution is -1.95. The van der Waals surface area contributed by atoms with E-state index in [0.29, 0.717) is 22.1 Å². The first-order valence-corrected chi connectivity index (χ1v) is 9.14. The van der Waals surface area contributed by atoms with Gasteiger partial charge in [0.15, 0.2) is 0 Å². The Labute approximate surface area is 164 Å². The second-order valence-corrected chi connectivity index (χ2v) is 6.96. The third kappa shape index (κ3) is 3.77. The number of aromatic nitrogens is 4. The van der Waals surface area contributed by atoms with Crippen LogP contribution in [0.5, 0.6) is 0 Å². The zero-order valence-electron chi connectivity index (χ0n) is 14.6. The topological polar surface area (TPSA) is 104 Å². The van der Waals surface area contributed by atoms with Gasteiger partial charge in [0.2, 0.25) is 0 Å². The number of hydrogen-bond acceptors (Lipinski definition) is 7. The van der Waals surface area contributed by atoms with Crippen LogP contribution < -0.4 is 11.5 Å². The second-order valence-electron chi connectivity index (χ2n) is 5.90. The van der Waals surface area contributed by atoms with Crippen molar-refractivity contribution >= 4 is 23.4 Å². The van der Waals surface area contributed by atoms with Gasteiger partial charge < -0.3 is 11.5 Å². The van der Waals surface area contributed by atoms with E-state index in [1.54, 1.807) is 12.3 Å². The molecule has 28 heavy (non-hydrogen) atoms. The normalized spacial score (nSPS) is 10.8. The van der Waals surface area contributed by atoms with Crippen LogP contribution in [0.25, 0.3) is 22.4 Å². The fourth-order valence-electron chi connectivity index (χ4n) is 2.65. The van der Waals surface area contributed by atoms with Gasteiger partial charge in [0, 0.05) is 10.5 Å². The van der Waals surface area contributed by atoms with Crippen molar-refractivity contribution in [2.75, 3.05) is 11.5 Å². The number of nitrogens with zero attached hydrogens (tertiary/aromatic N) is 4. The van der Waals surface area contributed by atoms with Crippen molar-refractivity contribution in [3.05, 3.63) is 73.1 Å². The van der Waals surface area contributed by atoms with Crippen LogP contribution in [0, 0.1) is 5.82 Å². The summed E-state index contributed by atoms with van der Waals surface area (Å²) in [4.78, 5) is 17.4. The predicted molar refractivity (Wildman–Crippen MR) is 108 cm³/mol. The lowest BCUT2D eigenvalue weighted by Gasteiger charge is -2.10. The van der Waals surface area contributed by atoms with Gasteiger partial charge >= 0.3 is 0 Å². The Kier molecular flexibility index (Phi) is 4.86. The van der Waals surface area contributed by atoms with Crippen LogP contribution in [0.3, 0.4) is 0 Å². The highest BCUT2D eigenvalue weighted by Gasteiger charge is 2.12. The van der Waals surface area contributed by atoms with E-state index in [1.165, 1.54) is 36.4 Å². The fraction of sp³-hybridized carbons (Fsp3) is 0. The number of anilines is 2. The average Bonchev–Trinajstić information content (AvgIpc) is 2.71. The molecule has 0 radical (unpaired) electrons. The molecule has 0 unspecified atom stereocenters. The van der Waals surface area contributed by atoms with Crippen molar-refractivity contribution in [3.8, 4) is 22.4 Å². The average molecular weight is 390 g/mol. The second kappa shape index (κ2) is 7.61. The minimum atomic E-state index is -0.386. The zero-order valence-corrected chi connectivity index (χ0v) is 15.4. The molecule has 0 saturated carbocycles. The zero-order chi connectivity index (χ0) is 19.5. The van der Waals surface area contributed by atoms with Crippen molar-refractivity contribution in [1.29, 1.82) is 0 Å². The first-order valence-electron chi connectivity index (χ1n) is 8.32. The molecule has 8 heteroatoms. The predicted octanol–water partition coefficient (Wildman–Crippen LogP) is 4.06. The molecule has 2 aromatic heterocycles. The Balaban J connectivity index is 1.68. The largest absolute Gasteiger partial charge is 0.382 e. The van der Waals surface area contributed by atoms with E-state index in [2.05, 4.69) is 19.9 Å². The van der Waals surface area contributed by atoms with E-state index in [1.807, 2.05) is 30.3 Å². The lowest BCUT2D eigenvalue weighted by molar-refractivity contribution is 0.631. The standard InChI is InChI=1S/C20H15FN6S/c21-15-7-12(5-6-14(15)16-8-25-18(22)9-24-16)13-3-1-2-4-17(13)28-20-11-26-19(23)10-27-20/h1-11H,(H2,22,25)(H2,23,26). The van der Waals surface area contributed by atoms with Gasteiger partial charge in [0.1, 0.15) is 22.5 Å². The summed E-state index contributed by atoms with van der Waals surface area (Å²) < 4.78 is 14.8. The van der Waals surface area contributed by atoms with Gasteiger partial charge in [-0.05, 0) is 29.3 Å². The van der Waals surface area contributed by atoms with Crippen LogP contribution in [0.15, 0.2) is 77.2 Å². The van der Waals surface area contributed by atoms with Gasteiger partial charge in [0.05, 0.1) is 30.5 Å². The minimum Gasteiger partial charge on any atom is -0.382 e. The van der Waals surface area contributed by atoms with E-state index in [9.17, 15) is 4.39 Å². The maximum atomic E-state index is 14.8. The summed E-state index contributed by atoms with van der Waals surface area (Å²) in [5, 5.41) is 0.705. The summed E-state index contributed by atoms with van der Waals surface area (Å²) in [6.07, 6.45) is 5.98. The molecule has 0 bridgehead atoms. The first-order chi connectivity index (χ1) is 13.6. The van der Waals surface area contributed by atoms with Crippen LogP contribution in [0.1, 0.15) is 0 Å². The Morgan fingerprint density at radius 3 is 2.18 bits per heavy atom. The molecule has 0 saturated heterocycles. The maximum absolute atomic E-state index is 14.8. The van der Waals surface area contributed by atoms with Crippen LogP contribution >= 0.6 is 11.8 Å². The third-order valence-corrected chi connectivity index (χ3v) is 4.97. The highest BCUT2D eigenvalue weighted by Crippen LogP contribution is 2.36. The molecule has 138 valence electrons. The summed E-state index contributed by atoms with van der Waals surface area (Å²) >= 11 is 1.44. The number of benzene rings is 2. The molecule has 0 aliphatic carbocycles. The molecular weight excluding hydrogens is 375 g/mol. The lowest BCUT2D eigenvalue weighted by atomic mass is 10.0. The summed E-state index contributed by atoms with van der Waals surface area (Å²) in [7, 11) is 0. The molecule has 0 fully saturated rings. The van der Waals surface area contributed by atoms with Crippen LogP contribution in [-0.2, 0) is 0 Å². The van der Waals surface area contributed by atoms with Crippen molar-refractivity contribution in [1.82, 2.24) is 19.9 Å². The van der Waals surface area contributed by atoms with Gasteiger partial charge in [-0.1, -0.05) is 36.0 Å². The molecule has 4 rings (SSSR count). The van der Waals surface area contributed by atoms with Crippen molar-refractivity contribution in [3.63, 3.8) is 0 Å². The molecule has 0 spiro atoms. The maximum Gasteiger partial charge on any atom is 0.141 e. The van der Waals surface area contributed by atoms with Gasteiger partial charge in [-0.15, -0.1) is 0 Å². The monoisotopic (exact) mass is 390 g/mol. The van der Waals surface area contributed by atoms with E-state index in [-0.39, 0.29) is 11.6 Å². The Bertz CT molecular complexity index is 1120. The highest BCUT2D eigenvalue weighted by atomic mass is 32.2. The highest BCUT2D eigenvalue weighted by molar-refractivity contribution is 7.99. The minimum absolute atomic E-state index is 0.289. The molecular formula is C20H15FN6S. The Morgan fingerprint density at radius 1 is 0.750 bits per heavy atom. The van der Waals surface area contributed by atoms with Crippen molar-refractivity contribution in [2.24, 2.45) is 0 Å². The molecule has 0 atom stereocenters. The van der Waals surface area contributed by atoms with Gasteiger partial charge in [-0.3, -0.25) is 4.98 Å². The Hall–Kier alpha value is -3.52. The SMILES string of the molecule is Nc1cnc(Sc2ccccc2-c2ccc(-c3cnc(N)cn3)c(F)c2)cn1. The molecule has 4 N–H and O–H groups in total. The van der Waals surface area contributed by atoms with Crippen LogP contribution in [0.2, 0.25) is 0 Å². The summed E-state index contributed by atoms with van der Waals surface area (Å²) in [6.45, 7) is 0. The quantitative estimate of drug-likeness (QED) is 0.541. The summed E-state index contributed by atoms with van der Waals surface area (Å²) in [6, 6.07) is 12.7.